The van der Waals surface area contributed by atoms with E-state index in [1.165, 1.54) is 38.6 Å². The molecule has 1 atom stereocenters. The van der Waals surface area contributed by atoms with Gasteiger partial charge >= 0.3 is 6.18 Å². The van der Waals surface area contributed by atoms with Crippen molar-refractivity contribution in [1.82, 2.24) is 25.4 Å². The van der Waals surface area contributed by atoms with Crippen LogP contribution in [0.5, 0.6) is 0 Å². The van der Waals surface area contributed by atoms with Gasteiger partial charge in [-0.1, -0.05) is 0 Å². The molecule has 0 radical (unpaired) electrons. The first-order chi connectivity index (χ1) is 13.3. The summed E-state index contributed by atoms with van der Waals surface area (Å²) >= 11 is 0. The summed E-state index contributed by atoms with van der Waals surface area (Å²) in [6, 6.07) is 2.85. The van der Waals surface area contributed by atoms with Crippen LogP contribution >= 0.6 is 24.0 Å². The molecule has 160 valence electrons. The quantitative estimate of drug-likeness (QED) is 0.277. The molecule has 12 heteroatoms. The molecule has 2 aromatic heterocycles. The van der Waals surface area contributed by atoms with Crippen molar-refractivity contribution in [3.63, 3.8) is 0 Å². The molecule has 1 aliphatic rings. The summed E-state index contributed by atoms with van der Waals surface area (Å²) < 4.78 is 54.1. The fraction of sp³-hybridized carbons (Fsp3) is 0.471. The van der Waals surface area contributed by atoms with Gasteiger partial charge in [-0.2, -0.15) is 18.3 Å². The van der Waals surface area contributed by atoms with Gasteiger partial charge in [0, 0.05) is 57.7 Å². The van der Waals surface area contributed by atoms with E-state index in [-0.39, 0.29) is 47.9 Å². The first kappa shape index (κ1) is 23.2. The van der Waals surface area contributed by atoms with Crippen LogP contribution < -0.4 is 15.5 Å². The van der Waals surface area contributed by atoms with Crippen LogP contribution in [0.4, 0.5) is 23.4 Å². The lowest BCUT2D eigenvalue weighted by atomic mass is 10.2. The zero-order valence-corrected chi connectivity index (χ0v) is 18.2. The summed E-state index contributed by atoms with van der Waals surface area (Å²) in [5.74, 6) is 0.271. The average molecular weight is 527 g/mol. The first-order valence-corrected chi connectivity index (χ1v) is 8.70. The van der Waals surface area contributed by atoms with Gasteiger partial charge in [-0.25, -0.2) is 9.37 Å². The Labute approximate surface area is 182 Å². The number of nitrogens with one attached hydrogen (secondary N) is 2. The van der Waals surface area contributed by atoms with Crippen LogP contribution in [0.2, 0.25) is 0 Å². The van der Waals surface area contributed by atoms with Crippen LogP contribution in [-0.2, 0) is 19.8 Å². The van der Waals surface area contributed by atoms with Gasteiger partial charge in [0.1, 0.15) is 0 Å². The third-order valence-corrected chi connectivity index (χ3v) is 4.41. The third kappa shape index (κ3) is 5.70. The van der Waals surface area contributed by atoms with Crippen LogP contribution in [0, 0.1) is 5.82 Å². The van der Waals surface area contributed by atoms with Crippen molar-refractivity contribution in [2.24, 2.45) is 12.0 Å². The predicted molar refractivity (Wildman–Crippen MR) is 112 cm³/mol. The van der Waals surface area contributed by atoms with Gasteiger partial charge in [0.15, 0.2) is 23.3 Å². The molecule has 0 aromatic carbocycles. The maximum atomic E-state index is 13.9. The van der Waals surface area contributed by atoms with Gasteiger partial charge in [0.2, 0.25) is 0 Å². The van der Waals surface area contributed by atoms with E-state index < -0.39 is 11.9 Å². The van der Waals surface area contributed by atoms with E-state index in [1.54, 1.807) is 0 Å². The Hall–Kier alpha value is -2.12. The van der Waals surface area contributed by atoms with E-state index in [1.807, 2.05) is 4.90 Å². The van der Waals surface area contributed by atoms with Crippen LogP contribution in [0.1, 0.15) is 17.7 Å². The van der Waals surface area contributed by atoms with Crippen molar-refractivity contribution in [3.8, 4) is 0 Å². The maximum absolute atomic E-state index is 13.9. The van der Waals surface area contributed by atoms with E-state index in [0.717, 1.165) is 11.1 Å². The molecule has 29 heavy (non-hydrogen) atoms. The number of aliphatic imine (C=N–C) groups is 1. The number of aryl methyl sites for hydroxylation is 1. The molecule has 0 aliphatic carbocycles. The van der Waals surface area contributed by atoms with Crippen molar-refractivity contribution < 1.29 is 17.6 Å². The molecule has 7 nitrogen and oxygen atoms in total. The number of rotatable bonds is 4. The summed E-state index contributed by atoms with van der Waals surface area (Å²) in [5.41, 5.74) is -0.892. The number of aromatic nitrogens is 3. The van der Waals surface area contributed by atoms with E-state index in [2.05, 4.69) is 25.7 Å². The summed E-state index contributed by atoms with van der Waals surface area (Å²) in [4.78, 5) is 9.95. The van der Waals surface area contributed by atoms with Gasteiger partial charge in [-0.15, -0.1) is 24.0 Å². The average Bonchev–Trinajstić information content (AvgIpc) is 3.25. The van der Waals surface area contributed by atoms with Crippen molar-refractivity contribution in [1.29, 1.82) is 0 Å². The molecule has 0 amide bonds. The smallest absolute Gasteiger partial charge is 0.352 e. The highest BCUT2D eigenvalue weighted by atomic mass is 127. The van der Waals surface area contributed by atoms with Gasteiger partial charge < -0.3 is 15.5 Å². The Kier molecular flexibility index (Phi) is 7.66. The molecule has 1 saturated heterocycles. The summed E-state index contributed by atoms with van der Waals surface area (Å²) in [6.45, 7) is 1.05. The minimum absolute atomic E-state index is 0. The Morgan fingerprint density at radius 2 is 2.14 bits per heavy atom. The van der Waals surface area contributed by atoms with Crippen LogP contribution in [-0.4, -0.2) is 46.9 Å². The van der Waals surface area contributed by atoms with E-state index in [0.29, 0.717) is 24.9 Å². The van der Waals surface area contributed by atoms with Crippen LogP contribution in [0.15, 0.2) is 29.5 Å². The van der Waals surface area contributed by atoms with Crippen molar-refractivity contribution in [2.75, 3.05) is 25.0 Å². The standard InChI is InChI=1S/C17H21F4N7.HI/c1-22-16(24-8-11-9-27(2)26-14(11)17(19,20)21)25-12-5-7-28(10-12)15-13(18)4-3-6-23-15;/h3-4,6,9,12H,5,7-8,10H2,1-2H3,(H2,22,24,25);1H. The third-order valence-electron chi connectivity index (χ3n) is 4.41. The second-order valence-corrected chi connectivity index (χ2v) is 6.48. The predicted octanol–water partition coefficient (Wildman–Crippen LogP) is 2.53. The first-order valence-electron chi connectivity index (χ1n) is 8.70. The highest BCUT2D eigenvalue weighted by molar-refractivity contribution is 14.0. The lowest BCUT2D eigenvalue weighted by Crippen LogP contribution is -2.44. The number of pyridine rings is 1. The Morgan fingerprint density at radius 3 is 2.79 bits per heavy atom. The number of anilines is 1. The number of nitrogens with zero attached hydrogens (tertiary/aromatic N) is 5. The molecule has 1 aliphatic heterocycles. The topological polar surface area (TPSA) is 70.4 Å². The monoisotopic (exact) mass is 527 g/mol. The molecule has 2 N–H and O–H groups in total. The minimum Gasteiger partial charge on any atom is -0.352 e. The number of guanidine groups is 1. The van der Waals surface area contributed by atoms with Gasteiger partial charge in [-0.3, -0.25) is 9.67 Å². The fourth-order valence-electron chi connectivity index (χ4n) is 3.15. The fourth-order valence-corrected chi connectivity index (χ4v) is 3.15. The van der Waals surface area contributed by atoms with Crippen molar-refractivity contribution >= 4 is 35.8 Å². The molecular weight excluding hydrogens is 505 g/mol. The number of hydrogen-bond acceptors (Lipinski definition) is 4. The highest BCUT2D eigenvalue weighted by Crippen LogP contribution is 2.30. The molecule has 1 unspecified atom stereocenters. The zero-order chi connectivity index (χ0) is 20.3. The van der Waals surface area contributed by atoms with Crippen LogP contribution in [0.3, 0.4) is 0 Å². The van der Waals surface area contributed by atoms with E-state index in [9.17, 15) is 17.6 Å². The molecule has 0 bridgehead atoms. The summed E-state index contributed by atoms with van der Waals surface area (Å²) in [6.07, 6.45) is -0.943. The summed E-state index contributed by atoms with van der Waals surface area (Å²) in [7, 11) is 2.98. The van der Waals surface area contributed by atoms with Crippen molar-refractivity contribution in [3.05, 3.63) is 41.6 Å². The van der Waals surface area contributed by atoms with E-state index in [4.69, 9.17) is 0 Å². The molecule has 3 rings (SSSR count). The molecule has 2 aromatic rings. The lowest BCUT2D eigenvalue weighted by Gasteiger charge is -2.20. The van der Waals surface area contributed by atoms with Gasteiger partial charge in [0.05, 0.1) is 0 Å². The Bertz CT molecular complexity index is 853. The molecular formula is C17H22F4IN7. The maximum Gasteiger partial charge on any atom is 0.435 e. The van der Waals surface area contributed by atoms with Crippen LogP contribution in [0.25, 0.3) is 0 Å². The molecule has 3 heterocycles. The SMILES string of the molecule is CN=C(NCc1cn(C)nc1C(F)(F)F)NC1CCN(c2ncccc2F)C1.I. The van der Waals surface area contributed by atoms with Crippen molar-refractivity contribution in [2.45, 2.75) is 25.2 Å². The Morgan fingerprint density at radius 1 is 1.38 bits per heavy atom. The molecule has 0 saturated carbocycles. The molecule has 0 spiro atoms. The van der Waals surface area contributed by atoms with E-state index >= 15 is 0 Å². The number of halogens is 5. The lowest BCUT2D eigenvalue weighted by molar-refractivity contribution is -0.142. The van der Waals surface area contributed by atoms with Gasteiger partial charge in [-0.05, 0) is 18.6 Å². The normalized spacial score (nSPS) is 17.2. The minimum atomic E-state index is -4.52. The summed E-state index contributed by atoms with van der Waals surface area (Å²) in [5, 5.41) is 9.52. The second-order valence-electron chi connectivity index (χ2n) is 6.48. The Balaban J connectivity index is 0.00000300. The number of hydrogen-bond donors (Lipinski definition) is 2. The highest BCUT2D eigenvalue weighted by Gasteiger charge is 2.36. The number of alkyl halides is 3. The second kappa shape index (κ2) is 9.59. The zero-order valence-electron chi connectivity index (χ0n) is 15.9. The largest absolute Gasteiger partial charge is 0.435 e. The van der Waals surface area contributed by atoms with Gasteiger partial charge in [0.25, 0.3) is 0 Å². The molecule has 1 fully saturated rings.